The van der Waals surface area contributed by atoms with Gasteiger partial charge in [-0.25, -0.2) is 0 Å². The number of likely N-dealkylation sites (tertiary alicyclic amines) is 1. The highest BCUT2D eigenvalue weighted by Gasteiger charge is 2.59. The lowest BCUT2D eigenvalue weighted by atomic mass is 9.85. The Labute approximate surface area is 117 Å². The molecule has 1 aliphatic heterocycles. The summed E-state index contributed by atoms with van der Waals surface area (Å²) in [6.07, 6.45) is 5.21. The van der Waals surface area contributed by atoms with Crippen LogP contribution in [0, 0.1) is 23.7 Å². The molecular weight excluding hydrogens is 252 g/mol. The van der Waals surface area contributed by atoms with Crippen molar-refractivity contribution in [1.82, 2.24) is 4.90 Å². The fraction of sp³-hybridized carbons (Fsp3) is 0.375. The zero-order valence-electron chi connectivity index (χ0n) is 11.0. The molecule has 2 amide bonds. The molecule has 1 saturated heterocycles. The summed E-state index contributed by atoms with van der Waals surface area (Å²) >= 11 is 0. The molecule has 2 fully saturated rings. The first-order valence-corrected chi connectivity index (χ1v) is 7.08. The van der Waals surface area contributed by atoms with Crippen molar-refractivity contribution in [3.8, 4) is 0 Å². The summed E-state index contributed by atoms with van der Waals surface area (Å²) in [4.78, 5) is 26.3. The van der Waals surface area contributed by atoms with Crippen LogP contribution in [0.1, 0.15) is 6.42 Å². The summed E-state index contributed by atoms with van der Waals surface area (Å²) in [5, 5.41) is 3.15. The number of hydrogen-bond acceptors (Lipinski definition) is 3. The van der Waals surface area contributed by atoms with Crippen LogP contribution in [0.5, 0.6) is 0 Å². The summed E-state index contributed by atoms with van der Waals surface area (Å²) < 4.78 is 0. The van der Waals surface area contributed by atoms with E-state index in [1.807, 2.05) is 30.3 Å². The first-order chi connectivity index (χ1) is 9.75. The zero-order chi connectivity index (χ0) is 13.7. The molecule has 4 rings (SSSR count). The quantitative estimate of drug-likeness (QED) is 0.672. The number of allylic oxidation sites excluding steroid dienone is 2. The van der Waals surface area contributed by atoms with Crippen LogP contribution in [-0.4, -0.2) is 23.4 Å². The van der Waals surface area contributed by atoms with Crippen LogP contribution in [0.2, 0.25) is 0 Å². The van der Waals surface area contributed by atoms with Gasteiger partial charge in [0.2, 0.25) is 11.8 Å². The number of nitrogens with zero attached hydrogens (tertiary/aromatic N) is 1. The van der Waals surface area contributed by atoms with Crippen LogP contribution >= 0.6 is 0 Å². The Morgan fingerprint density at radius 1 is 1.00 bits per heavy atom. The van der Waals surface area contributed by atoms with Gasteiger partial charge in [0.15, 0.2) is 0 Å². The van der Waals surface area contributed by atoms with Gasteiger partial charge in [0.25, 0.3) is 0 Å². The number of benzene rings is 1. The Hall–Kier alpha value is -2.10. The van der Waals surface area contributed by atoms with E-state index in [-0.39, 0.29) is 42.2 Å². The molecule has 2 aliphatic carbocycles. The highest BCUT2D eigenvalue weighted by atomic mass is 16.2. The molecule has 1 saturated carbocycles. The Bertz CT molecular complexity index is 566. The van der Waals surface area contributed by atoms with E-state index in [2.05, 4.69) is 17.5 Å². The van der Waals surface area contributed by atoms with Crippen molar-refractivity contribution in [3.63, 3.8) is 0 Å². The minimum absolute atomic E-state index is 0.000260. The van der Waals surface area contributed by atoms with E-state index in [0.29, 0.717) is 0 Å². The van der Waals surface area contributed by atoms with Gasteiger partial charge < -0.3 is 5.32 Å². The second kappa shape index (κ2) is 4.20. The van der Waals surface area contributed by atoms with Crippen molar-refractivity contribution in [2.45, 2.75) is 6.42 Å². The van der Waals surface area contributed by atoms with Crippen LogP contribution < -0.4 is 5.32 Å². The number of para-hydroxylation sites is 1. The maximum absolute atomic E-state index is 12.4. The third kappa shape index (κ3) is 1.54. The van der Waals surface area contributed by atoms with E-state index in [1.54, 1.807) is 0 Å². The highest BCUT2D eigenvalue weighted by molar-refractivity contribution is 6.06. The van der Waals surface area contributed by atoms with Crippen molar-refractivity contribution in [2.75, 3.05) is 12.0 Å². The number of amides is 2. The summed E-state index contributed by atoms with van der Waals surface area (Å²) in [6.45, 7) is 0.272. The van der Waals surface area contributed by atoms with Crippen molar-refractivity contribution < 1.29 is 9.59 Å². The number of carbonyl (C=O) groups excluding carboxylic acids is 2. The number of carbonyl (C=O) groups is 2. The third-order valence-corrected chi connectivity index (χ3v) is 4.78. The predicted octanol–water partition coefficient (Wildman–Crippen LogP) is 1.86. The lowest BCUT2D eigenvalue weighted by molar-refractivity contribution is -0.140. The number of nitrogens with one attached hydrogen (secondary N) is 1. The minimum atomic E-state index is -0.102. The molecule has 0 unspecified atom stereocenters. The van der Waals surface area contributed by atoms with Crippen molar-refractivity contribution in [3.05, 3.63) is 42.5 Å². The number of rotatable bonds is 3. The predicted molar refractivity (Wildman–Crippen MR) is 74.5 cm³/mol. The Kier molecular flexibility index (Phi) is 2.46. The van der Waals surface area contributed by atoms with Crippen LogP contribution in [-0.2, 0) is 9.59 Å². The smallest absolute Gasteiger partial charge is 0.235 e. The van der Waals surface area contributed by atoms with Gasteiger partial charge in [-0.1, -0.05) is 30.4 Å². The first kappa shape index (κ1) is 11.7. The molecular formula is C16H16N2O2. The molecule has 0 aromatic heterocycles. The molecule has 4 heteroatoms. The number of fused-ring (bicyclic) bond motifs is 5. The van der Waals surface area contributed by atoms with Crippen LogP contribution in [0.3, 0.4) is 0 Å². The highest BCUT2D eigenvalue weighted by Crippen LogP contribution is 2.52. The lowest BCUT2D eigenvalue weighted by Gasteiger charge is -2.18. The van der Waals surface area contributed by atoms with Gasteiger partial charge in [-0.05, 0) is 30.4 Å². The molecule has 4 atom stereocenters. The molecule has 1 N–H and O–H groups in total. The molecule has 20 heavy (non-hydrogen) atoms. The summed E-state index contributed by atoms with van der Waals surface area (Å²) in [7, 11) is 0. The second-order valence-electron chi connectivity index (χ2n) is 5.81. The van der Waals surface area contributed by atoms with Gasteiger partial charge in [-0.3, -0.25) is 14.5 Å². The van der Waals surface area contributed by atoms with E-state index in [4.69, 9.17) is 0 Å². The number of hydrogen-bond donors (Lipinski definition) is 1. The summed E-state index contributed by atoms with van der Waals surface area (Å²) in [6, 6.07) is 9.64. The minimum Gasteiger partial charge on any atom is -0.367 e. The van der Waals surface area contributed by atoms with Crippen molar-refractivity contribution in [2.24, 2.45) is 23.7 Å². The fourth-order valence-electron chi connectivity index (χ4n) is 3.85. The summed E-state index contributed by atoms with van der Waals surface area (Å²) in [5.41, 5.74) is 0.922. The topological polar surface area (TPSA) is 49.4 Å². The fourth-order valence-corrected chi connectivity index (χ4v) is 3.85. The maximum atomic E-state index is 12.4. The Balaban J connectivity index is 1.51. The van der Waals surface area contributed by atoms with E-state index >= 15 is 0 Å². The zero-order valence-corrected chi connectivity index (χ0v) is 11.0. The monoisotopic (exact) mass is 268 g/mol. The molecule has 1 aromatic rings. The average molecular weight is 268 g/mol. The summed E-state index contributed by atoms with van der Waals surface area (Å²) in [5.74, 6) is 0.358. The van der Waals surface area contributed by atoms with E-state index < -0.39 is 0 Å². The lowest BCUT2D eigenvalue weighted by Crippen LogP contribution is -2.37. The van der Waals surface area contributed by atoms with E-state index in [9.17, 15) is 9.59 Å². The van der Waals surface area contributed by atoms with Gasteiger partial charge in [-0.2, -0.15) is 0 Å². The van der Waals surface area contributed by atoms with Gasteiger partial charge in [-0.15, -0.1) is 0 Å². The molecule has 2 bridgehead atoms. The van der Waals surface area contributed by atoms with Gasteiger partial charge in [0.1, 0.15) is 0 Å². The van der Waals surface area contributed by atoms with Gasteiger partial charge in [0.05, 0.1) is 18.5 Å². The normalized spacial score (nSPS) is 33.9. The number of imide groups is 1. The molecule has 4 nitrogen and oxygen atoms in total. The molecule has 1 heterocycles. The standard InChI is InChI=1S/C16H16N2O2/c19-15-13-10-6-7-11(8-10)14(13)16(20)18(15)9-17-12-4-2-1-3-5-12/h1-7,10-11,13-14,17H,8-9H2/t10-,11-,13-,14-/m0/s1. The largest absolute Gasteiger partial charge is 0.367 e. The maximum Gasteiger partial charge on any atom is 0.235 e. The molecule has 0 spiro atoms. The van der Waals surface area contributed by atoms with E-state index in [1.165, 1.54) is 4.90 Å². The van der Waals surface area contributed by atoms with Crippen LogP contribution in [0.4, 0.5) is 5.69 Å². The van der Waals surface area contributed by atoms with Crippen LogP contribution in [0.15, 0.2) is 42.5 Å². The third-order valence-electron chi connectivity index (χ3n) is 4.78. The SMILES string of the molecule is O=C1[C@@H]2[C@@H](C(=O)N1CNc1ccccc1)[C@H]1C=C[C@H]2C1. The second-order valence-corrected chi connectivity index (χ2v) is 5.81. The molecule has 1 aromatic carbocycles. The average Bonchev–Trinajstić information content (AvgIpc) is 3.13. The Morgan fingerprint density at radius 2 is 1.60 bits per heavy atom. The van der Waals surface area contributed by atoms with Crippen molar-refractivity contribution in [1.29, 1.82) is 0 Å². The molecule has 3 aliphatic rings. The molecule has 102 valence electrons. The van der Waals surface area contributed by atoms with Gasteiger partial charge in [0, 0.05) is 5.69 Å². The van der Waals surface area contributed by atoms with Gasteiger partial charge >= 0.3 is 0 Å². The first-order valence-electron chi connectivity index (χ1n) is 7.08. The van der Waals surface area contributed by atoms with Crippen molar-refractivity contribution >= 4 is 17.5 Å². The van der Waals surface area contributed by atoms with Crippen LogP contribution in [0.25, 0.3) is 0 Å². The Morgan fingerprint density at radius 3 is 2.20 bits per heavy atom. The van der Waals surface area contributed by atoms with E-state index in [0.717, 1.165) is 12.1 Å². The molecule has 0 radical (unpaired) electrons. The number of anilines is 1.